The second-order valence-corrected chi connectivity index (χ2v) is 5.80. The van der Waals surface area contributed by atoms with Crippen molar-refractivity contribution in [2.24, 2.45) is 5.10 Å². The molecule has 0 radical (unpaired) electrons. The van der Waals surface area contributed by atoms with Gasteiger partial charge in [-0.25, -0.2) is 5.43 Å². The van der Waals surface area contributed by atoms with E-state index in [-0.39, 0.29) is 12.3 Å². The normalized spacial score (nSPS) is 10.6. The molecular weight excluding hydrogens is 402 g/mol. The predicted molar refractivity (Wildman–Crippen MR) is 93.5 cm³/mol. The lowest BCUT2D eigenvalue weighted by Crippen LogP contribution is -2.24. The van der Waals surface area contributed by atoms with Gasteiger partial charge in [-0.3, -0.25) is 14.9 Å². The molecule has 0 aliphatic heterocycles. The van der Waals surface area contributed by atoms with Crippen LogP contribution >= 0.6 is 27.5 Å². The third-order valence-corrected chi connectivity index (χ3v) is 3.63. The summed E-state index contributed by atoms with van der Waals surface area (Å²) in [5.41, 5.74) is 3.01. The summed E-state index contributed by atoms with van der Waals surface area (Å²) < 4.78 is 5.66. The molecule has 0 saturated carbocycles. The number of rotatable bonds is 6. The first-order valence-corrected chi connectivity index (χ1v) is 7.77. The van der Waals surface area contributed by atoms with E-state index in [2.05, 4.69) is 26.5 Å². The quantitative estimate of drug-likeness (QED) is 0.446. The highest BCUT2D eigenvalue weighted by atomic mass is 79.9. The number of non-ortho nitro benzene ring substituents is 1. The minimum atomic E-state index is -0.521. The highest BCUT2D eigenvalue weighted by Gasteiger charge is 2.11. The standard InChI is InChI=1S/C15H11BrClN3O4/c16-13-7-12(20(22)23)5-6-14(13)24-9-15(21)19-18-8-10-1-3-11(17)4-2-10/h1-8H,9H2,(H,19,21)/b18-8+. The molecule has 1 amide bonds. The number of amides is 1. The first-order valence-electron chi connectivity index (χ1n) is 6.60. The van der Waals surface area contributed by atoms with E-state index in [9.17, 15) is 14.9 Å². The number of benzene rings is 2. The average Bonchev–Trinajstić information content (AvgIpc) is 2.55. The SMILES string of the molecule is O=C(COc1ccc([N+](=O)[O-])cc1Br)N/N=C/c1ccc(Cl)cc1. The fourth-order valence-corrected chi connectivity index (χ4v) is 2.23. The Labute approximate surface area is 150 Å². The highest BCUT2D eigenvalue weighted by molar-refractivity contribution is 9.10. The van der Waals surface area contributed by atoms with Crippen molar-refractivity contribution in [2.75, 3.05) is 6.61 Å². The fourth-order valence-electron chi connectivity index (χ4n) is 1.62. The van der Waals surface area contributed by atoms with Gasteiger partial charge in [0.2, 0.25) is 0 Å². The van der Waals surface area contributed by atoms with Gasteiger partial charge in [-0.2, -0.15) is 5.10 Å². The molecule has 2 aromatic rings. The molecule has 24 heavy (non-hydrogen) atoms. The molecule has 0 unspecified atom stereocenters. The Bertz CT molecular complexity index is 781. The van der Waals surface area contributed by atoms with Gasteiger partial charge < -0.3 is 4.74 Å². The lowest BCUT2D eigenvalue weighted by molar-refractivity contribution is -0.384. The van der Waals surface area contributed by atoms with Crippen LogP contribution in [0.15, 0.2) is 52.0 Å². The molecule has 0 aliphatic carbocycles. The smallest absolute Gasteiger partial charge is 0.277 e. The third-order valence-electron chi connectivity index (χ3n) is 2.76. The monoisotopic (exact) mass is 411 g/mol. The van der Waals surface area contributed by atoms with Crippen LogP contribution in [0.25, 0.3) is 0 Å². The maximum atomic E-state index is 11.7. The number of nitro benzene ring substituents is 1. The van der Waals surface area contributed by atoms with Crippen molar-refractivity contribution in [3.63, 3.8) is 0 Å². The average molecular weight is 413 g/mol. The van der Waals surface area contributed by atoms with E-state index in [1.165, 1.54) is 24.4 Å². The molecular formula is C15H11BrClN3O4. The number of hydrazone groups is 1. The van der Waals surface area contributed by atoms with E-state index in [4.69, 9.17) is 16.3 Å². The zero-order valence-electron chi connectivity index (χ0n) is 12.1. The van der Waals surface area contributed by atoms with Gasteiger partial charge in [-0.05, 0) is 39.7 Å². The third kappa shape index (κ3) is 5.32. The Morgan fingerprint density at radius 3 is 2.67 bits per heavy atom. The zero-order chi connectivity index (χ0) is 17.5. The van der Waals surface area contributed by atoms with E-state index >= 15 is 0 Å². The van der Waals surface area contributed by atoms with Gasteiger partial charge in [0.1, 0.15) is 5.75 Å². The number of nitrogens with zero attached hydrogens (tertiary/aromatic N) is 2. The number of hydrogen-bond acceptors (Lipinski definition) is 5. The summed E-state index contributed by atoms with van der Waals surface area (Å²) in [7, 11) is 0. The number of carbonyl (C=O) groups is 1. The van der Waals surface area contributed by atoms with Gasteiger partial charge in [-0.1, -0.05) is 23.7 Å². The molecule has 0 fully saturated rings. The zero-order valence-corrected chi connectivity index (χ0v) is 14.5. The Morgan fingerprint density at radius 1 is 1.33 bits per heavy atom. The minimum absolute atomic E-state index is 0.0776. The fraction of sp³-hybridized carbons (Fsp3) is 0.0667. The molecule has 2 aromatic carbocycles. The van der Waals surface area contributed by atoms with Crippen LogP contribution in [-0.4, -0.2) is 23.7 Å². The molecule has 7 nitrogen and oxygen atoms in total. The lowest BCUT2D eigenvalue weighted by atomic mass is 10.2. The van der Waals surface area contributed by atoms with Gasteiger partial charge in [0.15, 0.2) is 6.61 Å². The maximum absolute atomic E-state index is 11.7. The van der Waals surface area contributed by atoms with Crippen molar-refractivity contribution in [1.29, 1.82) is 0 Å². The number of carbonyl (C=O) groups excluding carboxylic acids is 1. The van der Waals surface area contributed by atoms with Crippen LogP contribution in [0.5, 0.6) is 5.75 Å². The Kier molecular flexibility index (Phi) is 6.28. The largest absolute Gasteiger partial charge is 0.483 e. The molecule has 0 atom stereocenters. The van der Waals surface area contributed by atoms with E-state index < -0.39 is 10.8 Å². The van der Waals surface area contributed by atoms with Gasteiger partial charge in [-0.15, -0.1) is 0 Å². The van der Waals surface area contributed by atoms with E-state index in [0.29, 0.717) is 15.2 Å². The Morgan fingerprint density at radius 2 is 2.04 bits per heavy atom. The Balaban J connectivity index is 1.85. The highest BCUT2D eigenvalue weighted by Crippen LogP contribution is 2.28. The predicted octanol–water partition coefficient (Wildman–Crippen LogP) is 3.54. The summed E-state index contributed by atoms with van der Waals surface area (Å²) in [5, 5.41) is 15.0. The minimum Gasteiger partial charge on any atom is -0.483 e. The molecule has 9 heteroatoms. The van der Waals surface area contributed by atoms with Crippen LogP contribution in [0.2, 0.25) is 5.02 Å². The van der Waals surface area contributed by atoms with Crippen molar-refractivity contribution in [2.45, 2.75) is 0 Å². The van der Waals surface area contributed by atoms with Crippen LogP contribution in [0, 0.1) is 10.1 Å². The molecule has 0 aromatic heterocycles. The van der Waals surface area contributed by atoms with Crippen molar-refractivity contribution in [3.05, 3.63) is 67.6 Å². The lowest BCUT2D eigenvalue weighted by Gasteiger charge is -2.06. The molecule has 124 valence electrons. The summed E-state index contributed by atoms with van der Waals surface area (Å²) >= 11 is 8.92. The summed E-state index contributed by atoms with van der Waals surface area (Å²) in [6.07, 6.45) is 1.47. The van der Waals surface area contributed by atoms with Crippen LogP contribution in [0.1, 0.15) is 5.56 Å². The molecule has 0 saturated heterocycles. The summed E-state index contributed by atoms with van der Waals surface area (Å²) in [4.78, 5) is 21.8. The van der Waals surface area contributed by atoms with Gasteiger partial charge in [0, 0.05) is 17.2 Å². The van der Waals surface area contributed by atoms with Gasteiger partial charge in [0.05, 0.1) is 15.6 Å². The molecule has 0 bridgehead atoms. The molecule has 0 aliphatic rings. The topological polar surface area (TPSA) is 93.8 Å². The van der Waals surface area contributed by atoms with E-state index in [1.807, 2.05) is 0 Å². The van der Waals surface area contributed by atoms with Crippen LogP contribution in [0.4, 0.5) is 5.69 Å². The summed E-state index contributed by atoms with van der Waals surface area (Å²) in [6.45, 7) is -0.283. The first-order chi connectivity index (χ1) is 11.5. The van der Waals surface area contributed by atoms with Gasteiger partial charge in [0.25, 0.3) is 11.6 Å². The van der Waals surface area contributed by atoms with E-state index in [1.54, 1.807) is 24.3 Å². The molecule has 0 spiro atoms. The van der Waals surface area contributed by atoms with Crippen molar-refractivity contribution >= 4 is 45.3 Å². The van der Waals surface area contributed by atoms with Crippen molar-refractivity contribution in [3.8, 4) is 5.75 Å². The van der Waals surface area contributed by atoms with Crippen molar-refractivity contribution in [1.82, 2.24) is 5.43 Å². The van der Waals surface area contributed by atoms with Crippen LogP contribution in [-0.2, 0) is 4.79 Å². The number of nitro groups is 1. The Hall–Kier alpha value is -2.45. The maximum Gasteiger partial charge on any atom is 0.277 e. The van der Waals surface area contributed by atoms with Crippen LogP contribution < -0.4 is 10.2 Å². The number of nitrogens with one attached hydrogen (secondary N) is 1. The molecule has 2 rings (SSSR count). The second kappa shape index (κ2) is 8.42. The first kappa shape index (κ1) is 17.9. The number of halogens is 2. The second-order valence-electron chi connectivity index (χ2n) is 4.51. The number of ether oxygens (including phenoxy) is 1. The molecule has 0 heterocycles. The summed E-state index contributed by atoms with van der Waals surface area (Å²) in [5.74, 6) is -0.150. The van der Waals surface area contributed by atoms with Crippen molar-refractivity contribution < 1.29 is 14.5 Å². The van der Waals surface area contributed by atoms with Gasteiger partial charge >= 0.3 is 0 Å². The van der Waals surface area contributed by atoms with E-state index in [0.717, 1.165) is 5.56 Å². The summed E-state index contributed by atoms with van der Waals surface area (Å²) in [6, 6.07) is 10.9. The van der Waals surface area contributed by atoms with Crippen LogP contribution in [0.3, 0.4) is 0 Å². The number of hydrogen-bond donors (Lipinski definition) is 1. The molecule has 1 N–H and O–H groups in total.